The van der Waals surface area contributed by atoms with Crippen molar-refractivity contribution in [2.75, 3.05) is 6.61 Å². The van der Waals surface area contributed by atoms with Crippen molar-refractivity contribution in [2.45, 2.75) is 19.2 Å². The third-order valence-electron chi connectivity index (χ3n) is 2.58. The summed E-state index contributed by atoms with van der Waals surface area (Å²) >= 11 is 0. The normalized spacial score (nSPS) is 12.3. The van der Waals surface area contributed by atoms with E-state index in [0.29, 0.717) is 13.1 Å². The maximum absolute atomic E-state index is 9.83. The van der Waals surface area contributed by atoms with Crippen LogP contribution in [-0.2, 0) is 13.1 Å². The molecule has 0 aliphatic heterocycles. The predicted molar refractivity (Wildman–Crippen MR) is 68.1 cm³/mol. The number of nitrogens with two attached hydrogens (primary N) is 1. The van der Waals surface area contributed by atoms with E-state index >= 15 is 0 Å². The molecule has 1 heterocycles. The molecule has 1 aromatic heterocycles. The van der Waals surface area contributed by atoms with E-state index in [1.165, 1.54) is 0 Å². The average Bonchev–Trinajstić information content (AvgIpc) is 2.89. The molecule has 1 atom stereocenters. The molecule has 0 saturated heterocycles. The van der Waals surface area contributed by atoms with Gasteiger partial charge in [0.2, 0.25) is 0 Å². The zero-order chi connectivity index (χ0) is 12.8. The van der Waals surface area contributed by atoms with Crippen LogP contribution >= 0.6 is 0 Å². The van der Waals surface area contributed by atoms with Crippen LogP contribution in [-0.4, -0.2) is 27.6 Å². The summed E-state index contributed by atoms with van der Waals surface area (Å²) in [6.45, 7) is 1.06. The molecule has 0 saturated carbocycles. The minimum Gasteiger partial charge on any atom is -0.490 e. The van der Waals surface area contributed by atoms with E-state index in [4.69, 9.17) is 10.5 Å². The summed E-state index contributed by atoms with van der Waals surface area (Å²) < 4.78 is 7.24. The van der Waals surface area contributed by atoms with Crippen LogP contribution in [0.5, 0.6) is 5.75 Å². The first-order valence-electron chi connectivity index (χ1n) is 5.86. The number of hydrogen-bond donors (Lipinski definition) is 2. The van der Waals surface area contributed by atoms with Gasteiger partial charge in [-0.2, -0.15) is 5.10 Å². The van der Waals surface area contributed by atoms with E-state index in [2.05, 4.69) is 5.10 Å². The molecule has 2 aromatic rings. The summed E-state index contributed by atoms with van der Waals surface area (Å²) in [7, 11) is 0. The van der Waals surface area contributed by atoms with Crippen LogP contribution in [0, 0.1) is 0 Å². The van der Waals surface area contributed by atoms with Crippen LogP contribution in [0.1, 0.15) is 5.56 Å². The fourth-order valence-corrected chi connectivity index (χ4v) is 1.68. The molecule has 3 N–H and O–H groups in total. The largest absolute Gasteiger partial charge is 0.490 e. The second-order valence-electron chi connectivity index (χ2n) is 4.00. The second-order valence-corrected chi connectivity index (χ2v) is 4.00. The van der Waals surface area contributed by atoms with Gasteiger partial charge >= 0.3 is 0 Å². The summed E-state index contributed by atoms with van der Waals surface area (Å²) in [6.07, 6.45) is 2.88. The Morgan fingerprint density at radius 2 is 2.17 bits per heavy atom. The highest BCUT2D eigenvalue weighted by Gasteiger charge is 2.08. The zero-order valence-electron chi connectivity index (χ0n) is 10.1. The van der Waals surface area contributed by atoms with Crippen LogP contribution in [0.4, 0.5) is 0 Å². The standard InChI is InChI=1S/C13H17N3O2/c14-8-11-4-1-2-5-13(11)18-10-12(17)9-16-7-3-6-15-16/h1-7,12,17H,8-10,14H2. The van der Waals surface area contributed by atoms with E-state index in [1.807, 2.05) is 30.3 Å². The van der Waals surface area contributed by atoms with Crippen LogP contribution in [0.25, 0.3) is 0 Å². The molecule has 0 aliphatic carbocycles. The molecule has 0 fully saturated rings. The van der Waals surface area contributed by atoms with Crippen molar-refractivity contribution in [1.29, 1.82) is 0 Å². The van der Waals surface area contributed by atoms with Crippen LogP contribution < -0.4 is 10.5 Å². The number of benzene rings is 1. The molecule has 0 aliphatic rings. The van der Waals surface area contributed by atoms with Gasteiger partial charge in [-0.05, 0) is 12.1 Å². The SMILES string of the molecule is NCc1ccccc1OCC(O)Cn1cccn1. The minimum absolute atomic E-state index is 0.219. The van der Waals surface area contributed by atoms with Gasteiger partial charge in [0.1, 0.15) is 18.5 Å². The molecule has 2 rings (SSSR count). The molecule has 0 bridgehead atoms. The zero-order valence-corrected chi connectivity index (χ0v) is 10.1. The van der Waals surface area contributed by atoms with Gasteiger partial charge in [0.25, 0.3) is 0 Å². The first-order chi connectivity index (χ1) is 8.79. The Morgan fingerprint density at radius 3 is 2.89 bits per heavy atom. The second kappa shape index (κ2) is 6.18. The fourth-order valence-electron chi connectivity index (χ4n) is 1.68. The van der Waals surface area contributed by atoms with Crippen molar-refractivity contribution in [3.63, 3.8) is 0 Å². The number of hydrogen-bond acceptors (Lipinski definition) is 4. The van der Waals surface area contributed by atoms with Crippen molar-refractivity contribution in [2.24, 2.45) is 5.73 Å². The lowest BCUT2D eigenvalue weighted by Gasteiger charge is -2.14. The van der Waals surface area contributed by atoms with Gasteiger partial charge in [-0.3, -0.25) is 4.68 Å². The summed E-state index contributed by atoms with van der Waals surface area (Å²) in [5.74, 6) is 0.722. The van der Waals surface area contributed by atoms with E-state index < -0.39 is 6.10 Å². The monoisotopic (exact) mass is 247 g/mol. The molecule has 5 heteroatoms. The molecule has 0 amide bonds. The van der Waals surface area contributed by atoms with E-state index in [-0.39, 0.29) is 6.61 Å². The predicted octanol–water partition coefficient (Wildman–Crippen LogP) is 0.782. The highest BCUT2D eigenvalue weighted by atomic mass is 16.5. The van der Waals surface area contributed by atoms with E-state index in [0.717, 1.165) is 11.3 Å². The number of aliphatic hydroxyl groups is 1. The first kappa shape index (κ1) is 12.6. The molecule has 0 spiro atoms. The first-order valence-corrected chi connectivity index (χ1v) is 5.86. The molecule has 1 aromatic carbocycles. The lowest BCUT2D eigenvalue weighted by atomic mass is 10.2. The molecule has 1 unspecified atom stereocenters. The third-order valence-corrected chi connectivity index (χ3v) is 2.58. The highest BCUT2D eigenvalue weighted by Crippen LogP contribution is 2.17. The summed E-state index contributed by atoms with van der Waals surface area (Å²) in [5.41, 5.74) is 6.54. The average molecular weight is 247 g/mol. The van der Waals surface area contributed by atoms with Crippen LogP contribution in [0.15, 0.2) is 42.7 Å². The number of nitrogens with zero attached hydrogens (tertiary/aromatic N) is 2. The molecular weight excluding hydrogens is 230 g/mol. The summed E-state index contributed by atoms with van der Waals surface area (Å²) in [6, 6.07) is 9.37. The van der Waals surface area contributed by atoms with E-state index in [1.54, 1.807) is 17.1 Å². The molecule has 18 heavy (non-hydrogen) atoms. The van der Waals surface area contributed by atoms with Gasteiger partial charge < -0.3 is 15.6 Å². The summed E-state index contributed by atoms with van der Waals surface area (Å²) in [4.78, 5) is 0. The van der Waals surface area contributed by atoms with Crippen molar-refractivity contribution < 1.29 is 9.84 Å². The Labute approximate surface area is 106 Å². The molecule has 5 nitrogen and oxygen atoms in total. The topological polar surface area (TPSA) is 73.3 Å². The van der Waals surface area contributed by atoms with Crippen molar-refractivity contribution >= 4 is 0 Å². The molecule has 96 valence electrons. The van der Waals surface area contributed by atoms with E-state index in [9.17, 15) is 5.11 Å². The molecular formula is C13H17N3O2. The van der Waals surface area contributed by atoms with Gasteiger partial charge in [-0.25, -0.2) is 0 Å². The smallest absolute Gasteiger partial charge is 0.123 e. The minimum atomic E-state index is -0.601. The van der Waals surface area contributed by atoms with Gasteiger partial charge in [-0.1, -0.05) is 18.2 Å². The number of aliphatic hydroxyl groups excluding tert-OH is 1. The van der Waals surface area contributed by atoms with Gasteiger partial charge in [0.05, 0.1) is 6.54 Å². The number of rotatable bonds is 6. The number of para-hydroxylation sites is 1. The van der Waals surface area contributed by atoms with Crippen LogP contribution in [0.3, 0.4) is 0 Å². The lowest BCUT2D eigenvalue weighted by Crippen LogP contribution is -2.24. The maximum atomic E-state index is 9.83. The summed E-state index contributed by atoms with van der Waals surface area (Å²) in [5, 5.41) is 13.9. The highest BCUT2D eigenvalue weighted by molar-refractivity contribution is 5.32. The Balaban J connectivity index is 1.87. The quantitative estimate of drug-likeness (QED) is 0.791. The molecule has 0 radical (unpaired) electrons. The Morgan fingerprint density at radius 1 is 1.33 bits per heavy atom. The lowest BCUT2D eigenvalue weighted by molar-refractivity contribution is 0.0889. The third kappa shape index (κ3) is 3.32. The number of aromatic nitrogens is 2. The van der Waals surface area contributed by atoms with Crippen molar-refractivity contribution in [3.05, 3.63) is 48.3 Å². The van der Waals surface area contributed by atoms with Crippen LogP contribution in [0.2, 0.25) is 0 Å². The Hall–Kier alpha value is -1.85. The Kier molecular flexibility index (Phi) is 4.33. The fraction of sp³-hybridized carbons (Fsp3) is 0.308. The van der Waals surface area contributed by atoms with Gasteiger partial charge in [0.15, 0.2) is 0 Å². The Bertz CT molecular complexity index is 471. The maximum Gasteiger partial charge on any atom is 0.123 e. The van der Waals surface area contributed by atoms with Crippen molar-refractivity contribution in [1.82, 2.24) is 9.78 Å². The number of ether oxygens (including phenoxy) is 1. The van der Waals surface area contributed by atoms with Crippen molar-refractivity contribution in [3.8, 4) is 5.75 Å². The van der Waals surface area contributed by atoms with Gasteiger partial charge in [-0.15, -0.1) is 0 Å². The van der Waals surface area contributed by atoms with Gasteiger partial charge in [0, 0.05) is 24.5 Å².